The minimum atomic E-state index is 0.705. The van der Waals surface area contributed by atoms with Gasteiger partial charge in [-0.3, -0.25) is 0 Å². The highest BCUT2D eigenvalue weighted by molar-refractivity contribution is 6.26. The summed E-state index contributed by atoms with van der Waals surface area (Å²) in [4.78, 5) is 10.2. The van der Waals surface area contributed by atoms with E-state index >= 15 is 0 Å². The number of benzene rings is 9. The van der Waals surface area contributed by atoms with E-state index in [0.29, 0.717) is 5.82 Å². The molecule has 294 valence electrons. The molecule has 4 aromatic heterocycles. The van der Waals surface area contributed by atoms with Crippen LogP contribution in [0.3, 0.4) is 0 Å². The van der Waals surface area contributed by atoms with Gasteiger partial charge in [-0.05, 0) is 66.7 Å². The molecule has 0 saturated carbocycles. The molecule has 5 heteroatoms. The van der Waals surface area contributed by atoms with Gasteiger partial charge in [-0.2, -0.15) is 0 Å². The van der Waals surface area contributed by atoms with Crippen molar-refractivity contribution in [3.63, 3.8) is 0 Å². The van der Waals surface area contributed by atoms with Crippen LogP contribution in [0.1, 0.15) is 0 Å². The first-order valence-electron chi connectivity index (χ1n) is 21.4. The number of hydrogen-bond donors (Lipinski definition) is 0. The van der Waals surface area contributed by atoms with Crippen LogP contribution in [-0.4, -0.2) is 23.7 Å². The second-order valence-electron chi connectivity index (χ2n) is 16.2. The Hall–Kier alpha value is -8.54. The minimum absolute atomic E-state index is 0.705. The Labute approximate surface area is 363 Å². The molecule has 0 N–H and O–H groups in total. The molecular formula is C58H37N5. The number of hydrogen-bond acceptors (Lipinski definition) is 2. The summed E-state index contributed by atoms with van der Waals surface area (Å²) in [5, 5.41) is 7.30. The number of fused-ring (bicyclic) bond motifs is 10. The van der Waals surface area contributed by atoms with E-state index < -0.39 is 0 Å². The lowest BCUT2D eigenvalue weighted by Crippen LogP contribution is -1.99. The molecule has 9 aromatic carbocycles. The summed E-state index contributed by atoms with van der Waals surface area (Å²) in [7, 11) is 0. The fourth-order valence-corrected chi connectivity index (χ4v) is 9.83. The van der Waals surface area contributed by atoms with Crippen LogP contribution in [0, 0.1) is 0 Å². The van der Waals surface area contributed by atoms with Crippen LogP contribution in [0.2, 0.25) is 0 Å². The van der Waals surface area contributed by atoms with Gasteiger partial charge >= 0.3 is 0 Å². The fraction of sp³-hybridized carbons (Fsp3) is 0. The van der Waals surface area contributed by atoms with Gasteiger partial charge in [0.1, 0.15) is 0 Å². The van der Waals surface area contributed by atoms with E-state index in [1.165, 1.54) is 59.9 Å². The van der Waals surface area contributed by atoms with E-state index in [0.717, 1.165) is 50.7 Å². The average molecular weight is 804 g/mol. The van der Waals surface area contributed by atoms with Gasteiger partial charge in [0.05, 0.1) is 44.5 Å². The van der Waals surface area contributed by atoms with E-state index in [-0.39, 0.29) is 0 Å². The van der Waals surface area contributed by atoms with Gasteiger partial charge in [0.25, 0.3) is 0 Å². The van der Waals surface area contributed by atoms with Crippen molar-refractivity contribution >= 4 is 65.4 Å². The zero-order valence-corrected chi connectivity index (χ0v) is 34.1. The van der Waals surface area contributed by atoms with Crippen molar-refractivity contribution in [1.29, 1.82) is 0 Å². The van der Waals surface area contributed by atoms with Gasteiger partial charge in [-0.15, -0.1) is 0 Å². The van der Waals surface area contributed by atoms with Gasteiger partial charge in [0, 0.05) is 66.1 Å². The minimum Gasteiger partial charge on any atom is -0.309 e. The summed E-state index contributed by atoms with van der Waals surface area (Å²) in [5.41, 5.74) is 15.2. The molecule has 0 bridgehead atoms. The van der Waals surface area contributed by atoms with Crippen LogP contribution in [0.5, 0.6) is 0 Å². The normalized spacial score (nSPS) is 11.8. The zero-order chi connectivity index (χ0) is 41.4. The molecule has 0 amide bonds. The number of rotatable bonds is 6. The Bertz CT molecular complexity index is 3810. The number of para-hydroxylation sites is 4. The van der Waals surface area contributed by atoms with E-state index in [9.17, 15) is 0 Å². The SMILES string of the molecule is c1ccc(-c2cc(-c3ccc(-n4c5ccccc5c5ccc6c7cc8c(cc7n(-c7ccccc7)c6c54)c4ccccc4n8-c4ccccc4)cc3)nc(-c3ccccc3)n2)cc1. The Morgan fingerprint density at radius 1 is 0.254 bits per heavy atom. The van der Waals surface area contributed by atoms with Gasteiger partial charge < -0.3 is 13.7 Å². The van der Waals surface area contributed by atoms with Gasteiger partial charge in [-0.1, -0.05) is 158 Å². The van der Waals surface area contributed by atoms with Crippen molar-refractivity contribution in [2.75, 3.05) is 0 Å². The summed E-state index contributed by atoms with van der Waals surface area (Å²) in [6.45, 7) is 0. The highest BCUT2D eigenvalue weighted by Crippen LogP contribution is 2.44. The summed E-state index contributed by atoms with van der Waals surface area (Å²) in [5.74, 6) is 0.705. The van der Waals surface area contributed by atoms with E-state index in [1.807, 2.05) is 24.3 Å². The van der Waals surface area contributed by atoms with Crippen LogP contribution in [0.25, 0.3) is 116 Å². The molecule has 0 atom stereocenters. The summed E-state index contributed by atoms with van der Waals surface area (Å²) in [6.07, 6.45) is 0. The molecule has 0 spiro atoms. The Morgan fingerprint density at radius 3 is 1.25 bits per heavy atom. The van der Waals surface area contributed by atoms with Gasteiger partial charge in [0.2, 0.25) is 0 Å². The Kier molecular flexibility index (Phi) is 7.84. The second kappa shape index (κ2) is 14.0. The van der Waals surface area contributed by atoms with Crippen molar-refractivity contribution in [2.24, 2.45) is 0 Å². The standard InChI is InChI=1S/C58H37N5/c1-5-17-38(18-6-1)50-37-51(60-58(59-50)40-19-7-2-8-20-40)39-29-31-43(32-30-39)62-53-28-16-13-25-44(53)46-33-34-47-49-36-54-48(35-55(49)63(57(47)56(46)62)42-23-11-4-12-24-42)45-26-14-15-27-52(45)61(54)41-21-9-3-10-22-41/h1-37H. The third-order valence-corrected chi connectivity index (χ3v) is 12.6. The van der Waals surface area contributed by atoms with Crippen molar-refractivity contribution < 1.29 is 0 Å². The molecule has 63 heavy (non-hydrogen) atoms. The molecule has 0 fully saturated rings. The zero-order valence-electron chi connectivity index (χ0n) is 34.1. The molecule has 4 heterocycles. The topological polar surface area (TPSA) is 40.6 Å². The lowest BCUT2D eigenvalue weighted by molar-refractivity contribution is 1.15. The summed E-state index contributed by atoms with van der Waals surface area (Å²) < 4.78 is 7.36. The molecule has 0 aliphatic rings. The van der Waals surface area contributed by atoms with Gasteiger partial charge in [-0.25, -0.2) is 9.97 Å². The van der Waals surface area contributed by atoms with Crippen LogP contribution >= 0.6 is 0 Å². The summed E-state index contributed by atoms with van der Waals surface area (Å²) >= 11 is 0. The first kappa shape index (κ1) is 35.2. The maximum absolute atomic E-state index is 5.14. The quantitative estimate of drug-likeness (QED) is 0.168. The molecule has 13 rings (SSSR count). The maximum atomic E-state index is 5.14. The lowest BCUT2D eigenvalue weighted by Gasteiger charge is -2.13. The first-order chi connectivity index (χ1) is 31.3. The average Bonchev–Trinajstić information content (AvgIpc) is 3.99. The predicted octanol–water partition coefficient (Wildman–Crippen LogP) is 14.8. The summed E-state index contributed by atoms with van der Waals surface area (Å²) in [6, 6.07) is 80.2. The van der Waals surface area contributed by atoms with E-state index in [1.54, 1.807) is 0 Å². The molecule has 0 aliphatic heterocycles. The second-order valence-corrected chi connectivity index (χ2v) is 16.2. The number of nitrogens with zero attached hydrogens (tertiary/aromatic N) is 5. The molecular weight excluding hydrogens is 767 g/mol. The smallest absolute Gasteiger partial charge is 0.160 e. The van der Waals surface area contributed by atoms with E-state index in [4.69, 9.17) is 9.97 Å². The third kappa shape index (κ3) is 5.50. The van der Waals surface area contributed by atoms with Crippen molar-refractivity contribution in [3.05, 3.63) is 224 Å². The predicted molar refractivity (Wildman–Crippen MR) is 261 cm³/mol. The monoisotopic (exact) mass is 803 g/mol. The molecule has 0 saturated heterocycles. The largest absolute Gasteiger partial charge is 0.309 e. The van der Waals surface area contributed by atoms with Crippen LogP contribution in [-0.2, 0) is 0 Å². The maximum Gasteiger partial charge on any atom is 0.160 e. The van der Waals surface area contributed by atoms with Crippen molar-refractivity contribution in [2.45, 2.75) is 0 Å². The lowest BCUT2D eigenvalue weighted by atomic mass is 10.1. The highest BCUT2D eigenvalue weighted by atomic mass is 15.0. The van der Waals surface area contributed by atoms with Crippen molar-refractivity contribution in [1.82, 2.24) is 23.7 Å². The fourth-order valence-electron chi connectivity index (χ4n) is 9.83. The van der Waals surface area contributed by atoms with Crippen LogP contribution in [0.4, 0.5) is 0 Å². The Balaban J connectivity index is 1.08. The first-order valence-corrected chi connectivity index (χ1v) is 21.4. The molecule has 0 radical (unpaired) electrons. The third-order valence-electron chi connectivity index (χ3n) is 12.6. The highest BCUT2D eigenvalue weighted by Gasteiger charge is 2.23. The van der Waals surface area contributed by atoms with Crippen LogP contribution < -0.4 is 0 Å². The molecule has 0 aliphatic carbocycles. The Morgan fingerprint density at radius 2 is 0.651 bits per heavy atom. The number of aromatic nitrogens is 5. The molecule has 13 aromatic rings. The molecule has 5 nitrogen and oxygen atoms in total. The molecule has 0 unspecified atom stereocenters. The van der Waals surface area contributed by atoms with Gasteiger partial charge in [0.15, 0.2) is 5.82 Å². The van der Waals surface area contributed by atoms with E-state index in [2.05, 4.69) is 214 Å². The van der Waals surface area contributed by atoms with Crippen molar-refractivity contribution in [3.8, 4) is 51.0 Å². The van der Waals surface area contributed by atoms with Crippen LogP contribution in [0.15, 0.2) is 224 Å².